The standard InChI is InChI=1S/C13H18F2O2/c1-8(2)4-5-17-13-11(14)6-10(9(3)16)7-12(13)15/h6-9,16H,4-5H2,1-3H3/t9-/m0/s1. The molecule has 96 valence electrons. The zero-order chi connectivity index (χ0) is 13.0. The van der Waals surface area contributed by atoms with Crippen LogP contribution < -0.4 is 4.74 Å². The molecule has 2 nitrogen and oxygen atoms in total. The van der Waals surface area contributed by atoms with Crippen LogP contribution in [0.3, 0.4) is 0 Å². The molecule has 0 heterocycles. The van der Waals surface area contributed by atoms with Crippen LogP contribution in [-0.4, -0.2) is 11.7 Å². The molecule has 0 aliphatic carbocycles. The van der Waals surface area contributed by atoms with Gasteiger partial charge in [-0.3, -0.25) is 0 Å². The van der Waals surface area contributed by atoms with Crippen molar-refractivity contribution >= 4 is 0 Å². The molecule has 1 rings (SSSR count). The van der Waals surface area contributed by atoms with Crippen molar-refractivity contribution in [3.63, 3.8) is 0 Å². The largest absolute Gasteiger partial charge is 0.488 e. The van der Waals surface area contributed by atoms with E-state index in [0.29, 0.717) is 5.92 Å². The first-order valence-electron chi connectivity index (χ1n) is 5.71. The lowest BCUT2D eigenvalue weighted by atomic mass is 10.1. The predicted octanol–water partition coefficient (Wildman–Crippen LogP) is 3.44. The van der Waals surface area contributed by atoms with Gasteiger partial charge in [0.15, 0.2) is 17.4 Å². The lowest BCUT2D eigenvalue weighted by Crippen LogP contribution is -2.05. The Bertz CT molecular complexity index is 353. The monoisotopic (exact) mass is 244 g/mol. The van der Waals surface area contributed by atoms with E-state index in [1.165, 1.54) is 6.92 Å². The quantitative estimate of drug-likeness (QED) is 0.859. The van der Waals surface area contributed by atoms with E-state index < -0.39 is 17.7 Å². The Morgan fingerprint density at radius 2 is 1.71 bits per heavy atom. The molecule has 0 unspecified atom stereocenters. The molecule has 0 spiro atoms. The van der Waals surface area contributed by atoms with Crippen molar-refractivity contribution < 1.29 is 18.6 Å². The van der Waals surface area contributed by atoms with Crippen LogP contribution in [0, 0.1) is 17.6 Å². The van der Waals surface area contributed by atoms with Gasteiger partial charge in [0.2, 0.25) is 0 Å². The van der Waals surface area contributed by atoms with Crippen LogP contribution in [0.4, 0.5) is 8.78 Å². The summed E-state index contributed by atoms with van der Waals surface area (Å²) in [5.74, 6) is -1.50. The summed E-state index contributed by atoms with van der Waals surface area (Å²) in [4.78, 5) is 0. The third kappa shape index (κ3) is 3.97. The summed E-state index contributed by atoms with van der Waals surface area (Å²) < 4.78 is 32.1. The van der Waals surface area contributed by atoms with Crippen LogP contribution in [0.25, 0.3) is 0 Å². The van der Waals surface area contributed by atoms with Gasteiger partial charge in [0, 0.05) is 0 Å². The van der Waals surface area contributed by atoms with E-state index in [2.05, 4.69) is 0 Å². The molecule has 1 aromatic rings. The summed E-state index contributed by atoms with van der Waals surface area (Å²) in [7, 11) is 0. The first-order valence-corrected chi connectivity index (χ1v) is 5.71. The number of aliphatic hydroxyl groups excluding tert-OH is 1. The smallest absolute Gasteiger partial charge is 0.190 e. The fraction of sp³-hybridized carbons (Fsp3) is 0.538. The van der Waals surface area contributed by atoms with E-state index in [1.807, 2.05) is 13.8 Å². The second-order valence-corrected chi connectivity index (χ2v) is 4.52. The molecular formula is C13H18F2O2. The number of halogens is 2. The van der Waals surface area contributed by atoms with Gasteiger partial charge in [-0.2, -0.15) is 0 Å². The van der Waals surface area contributed by atoms with E-state index in [-0.39, 0.29) is 17.9 Å². The molecule has 0 aromatic heterocycles. The lowest BCUT2D eigenvalue weighted by Gasteiger charge is -2.12. The Kier molecular flexibility index (Phi) is 4.87. The Hall–Kier alpha value is -1.16. The average Bonchev–Trinajstić information content (AvgIpc) is 2.21. The van der Waals surface area contributed by atoms with Gasteiger partial charge in [0.25, 0.3) is 0 Å². The van der Waals surface area contributed by atoms with Gasteiger partial charge < -0.3 is 9.84 Å². The van der Waals surface area contributed by atoms with Crippen LogP contribution in [0.15, 0.2) is 12.1 Å². The van der Waals surface area contributed by atoms with Crippen LogP contribution in [0.2, 0.25) is 0 Å². The maximum Gasteiger partial charge on any atom is 0.190 e. The Labute approximate surface area is 100 Å². The summed E-state index contributed by atoms with van der Waals surface area (Å²) in [5, 5.41) is 9.24. The third-order valence-corrected chi connectivity index (χ3v) is 2.44. The van der Waals surface area contributed by atoms with Gasteiger partial charge in [-0.05, 0) is 37.0 Å². The van der Waals surface area contributed by atoms with Crippen molar-refractivity contribution in [3.8, 4) is 5.75 Å². The van der Waals surface area contributed by atoms with E-state index >= 15 is 0 Å². The molecule has 0 fully saturated rings. The molecule has 0 aliphatic rings. The van der Waals surface area contributed by atoms with Crippen molar-refractivity contribution in [1.29, 1.82) is 0 Å². The highest BCUT2D eigenvalue weighted by Gasteiger charge is 2.14. The molecular weight excluding hydrogens is 226 g/mol. The first kappa shape index (κ1) is 13.9. The van der Waals surface area contributed by atoms with E-state index in [1.54, 1.807) is 0 Å². The Morgan fingerprint density at radius 3 is 2.12 bits per heavy atom. The molecule has 4 heteroatoms. The minimum Gasteiger partial charge on any atom is -0.488 e. The van der Waals surface area contributed by atoms with Crippen LogP contribution >= 0.6 is 0 Å². The highest BCUT2D eigenvalue weighted by atomic mass is 19.1. The minimum atomic E-state index is -0.899. The number of rotatable bonds is 5. The fourth-order valence-corrected chi connectivity index (χ4v) is 1.36. The second kappa shape index (κ2) is 5.96. The summed E-state index contributed by atoms with van der Waals surface area (Å²) in [6.45, 7) is 5.74. The van der Waals surface area contributed by atoms with E-state index in [0.717, 1.165) is 18.6 Å². The fourth-order valence-electron chi connectivity index (χ4n) is 1.36. The molecule has 0 aliphatic heterocycles. The molecule has 1 aromatic carbocycles. The molecule has 17 heavy (non-hydrogen) atoms. The van der Waals surface area contributed by atoms with Crippen molar-refractivity contribution in [1.82, 2.24) is 0 Å². The van der Waals surface area contributed by atoms with Gasteiger partial charge in [-0.1, -0.05) is 13.8 Å². The summed E-state index contributed by atoms with van der Waals surface area (Å²) in [6.07, 6.45) is -0.166. The Balaban J connectivity index is 2.79. The zero-order valence-corrected chi connectivity index (χ0v) is 10.3. The number of benzene rings is 1. The van der Waals surface area contributed by atoms with Gasteiger partial charge in [0.1, 0.15) is 0 Å². The topological polar surface area (TPSA) is 29.5 Å². The molecule has 0 bridgehead atoms. The SMILES string of the molecule is CC(C)CCOc1c(F)cc([C@H](C)O)cc1F. The van der Waals surface area contributed by atoms with Crippen LogP contribution in [0.1, 0.15) is 38.9 Å². The number of aliphatic hydroxyl groups is 1. The normalized spacial score (nSPS) is 12.9. The summed E-state index contributed by atoms with van der Waals surface area (Å²) in [5.41, 5.74) is 0.205. The van der Waals surface area contributed by atoms with Crippen molar-refractivity contribution in [2.45, 2.75) is 33.3 Å². The maximum atomic E-state index is 13.5. The van der Waals surface area contributed by atoms with Gasteiger partial charge in [0.05, 0.1) is 12.7 Å². The molecule has 1 N–H and O–H groups in total. The number of ether oxygens (including phenoxy) is 1. The van der Waals surface area contributed by atoms with Crippen molar-refractivity contribution in [2.24, 2.45) is 5.92 Å². The molecule has 0 amide bonds. The highest BCUT2D eigenvalue weighted by Crippen LogP contribution is 2.26. The van der Waals surface area contributed by atoms with Crippen LogP contribution in [-0.2, 0) is 0 Å². The summed E-state index contributed by atoms with van der Waals surface area (Å²) in [6, 6.07) is 2.19. The molecule has 0 saturated heterocycles. The first-order chi connectivity index (χ1) is 7.91. The molecule has 0 saturated carbocycles. The third-order valence-electron chi connectivity index (χ3n) is 2.44. The van der Waals surface area contributed by atoms with E-state index in [4.69, 9.17) is 4.74 Å². The summed E-state index contributed by atoms with van der Waals surface area (Å²) >= 11 is 0. The van der Waals surface area contributed by atoms with Crippen molar-refractivity contribution in [3.05, 3.63) is 29.3 Å². The molecule has 1 atom stereocenters. The van der Waals surface area contributed by atoms with Gasteiger partial charge in [-0.25, -0.2) is 8.78 Å². The highest BCUT2D eigenvalue weighted by molar-refractivity contribution is 5.32. The molecule has 0 radical (unpaired) electrons. The zero-order valence-electron chi connectivity index (χ0n) is 10.3. The van der Waals surface area contributed by atoms with Crippen LogP contribution in [0.5, 0.6) is 5.75 Å². The van der Waals surface area contributed by atoms with Crippen molar-refractivity contribution in [2.75, 3.05) is 6.61 Å². The average molecular weight is 244 g/mol. The van der Waals surface area contributed by atoms with Gasteiger partial charge in [-0.15, -0.1) is 0 Å². The predicted molar refractivity (Wildman–Crippen MR) is 61.9 cm³/mol. The maximum absolute atomic E-state index is 13.5. The second-order valence-electron chi connectivity index (χ2n) is 4.52. The van der Waals surface area contributed by atoms with Gasteiger partial charge >= 0.3 is 0 Å². The minimum absolute atomic E-state index is 0.205. The van der Waals surface area contributed by atoms with E-state index in [9.17, 15) is 13.9 Å². The lowest BCUT2D eigenvalue weighted by molar-refractivity contribution is 0.197. The number of hydrogen-bond donors (Lipinski definition) is 1. The Morgan fingerprint density at radius 1 is 1.18 bits per heavy atom. The number of hydrogen-bond acceptors (Lipinski definition) is 2.